The van der Waals surface area contributed by atoms with Gasteiger partial charge in [-0.15, -0.1) is 0 Å². The molecule has 10 nitrogen and oxygen atoms in total. The average molecular weight is 525 g/mol. The van der Waals surface area contributed by atoms with E-state index in [1.807, 2.05) is 6.92 Å². The highest BCUT2D eigenvalue weighted by Crippen LogP contribution is 2.28. The summed E-state index contributed by atoms with van der Waals surface area (Å²) < 4.78 is 0. The fraction of sp³-hybridized carbons (Fsp3) is 0.269. The largest absolute Gasteiger partial charge is 0.478 e. The minimum absolute atomic E-state index is 0.106. The second-order valence-electron chi connectivity index (χ2n) is 8.98. The van der Waals surface area contributed by atoms with Crippen LogP contribution in [0.5, 0.6) is 0 Å². The van der Waals surface area contributed by atoms with Gasteiger partial charge >= 0.3 is 12.0 Å². The number of anilines is 1. The Morgan fingerprint density at radius 2 is 1.97 bits per heavy atom. The number of imide groups is 1. The van der Waals surface area contributed by atoms with Gasteiger partial charge < -0.3 is 15.3 Å². The number of carboxylic acids is 1. The molecule has 0 saturated carbocycles. The second-order valence-corrected chi connectivity index (χ2v) is 9.39. The van der Waals surface area contributed by atoms with Gasteiger partial charge in [0.05, 0.1) is 6.54 Å². The molecule has 2 aliphatic rings. The van der Waals surface area contributed by atoms with Crippen molar-refractivity contribution in [2.45, 2.75) is 38.9 Å². The summed E-state index contributed by atoms with van der Waals surface area (Å²) in [4.78, 5) is 63.7. The van der Waals surface area contributed by atoms with Crippen molar-refractivity contribution < 1.29 is 29.1 Å². The predicted molar refractivity (Wildman–Crippen MR) is 135 cm³/mol. The minimum atomic E-state index is -1.22. The monoisotopic (exact) mass is 524 g/mol. The first kappa shape index (κ1) is 25.9. The van der Waals surface area contributed by atoms with E-state index >= 15 is 0 Å². The smallest absolute Gasteiger partial charge is 0.332 e. The van der Waals surface area contributed by atoms with Crippen LogP contribution in [-0.4, -0.2) is 52.3 Å². The molecule has 2 heterocycles. The van der Waals surface area contributed by atoms with Gasteiger partial charge in [-0.05, 0) is 48.2 Å². The third kappa shape index (κ3) is 5.49. The van der Waals surface area contributed by atoms with E-state index in [0.29, 0.717) is 27.4 Å². The van der Waals surface area contributed by atoms with E-state index in [-0.39, 0.29) is 49.9 Å². The number of nitrogens with one attached hydrogen (secondary N) is 2. The van der Waals surface area contributed by atoms with Gasteiger partial charge in [-0.3, -0.25) is 24.6 Å². The summed E-state index contributed by atoms with van der Waals surface area (Å²) >= 11 is 6.21. The molecule has 1 fully saturated rings. The quantitative estimate of drug-likeness (QED) is 0.376. The van der Waals surface area contributed by atoms with Gasteiger partial charge in [0.15, 0.2) is 0 Å². The molecule has 0 bridgehead atoms. The Kier molecular flexibility index (Phi) is 7.30. The number of carbonyl (C=O) groups is 5. The topological polar surface area (TPSA) is 136 Å². The maximum absolute atomic E-state index is 13.1. The summed E-state index contributed by atoms with van der Waals surface area (Å²) in [7, 11) is 0. The van der Waals surface area contributed by atoms with E-state index in [2.05, 4.69) is 17.2 Å². The Morgan fingerprint density at radius 1 is 1.22 bits per heavy atom. The van der Waals surface area contributed by atoms with E-state index in [4.69, 9.17) is 11.6 Å². The molecule has 5 amide bonds. The molecule has 3 N–H and O–H groups in total. The number of amides is 5. The van der Waals surface area contributed by atoms with Crippen LogP contribution >= 0.6 is 11.6 Å². The highest BCUT2D eigenvalue weighted by Gasteiger charge is 2.39. The van der Waals surface area contributed by atoms with Crippen molar-refractivity contribution in [2.24, 2.45) is 0 Å². The number of carboxylic acid groups (broad SMARTS) is 1. The number of hydrogen-bond acceptors (Lipinski definition) is 5. The Hall–Kier alpha value is -4.18. The molecule has 0 aromatic heterocycles. The Bertz CT molecular complexity index is 1340. The number of benzene rings is 2. The maximum Gasteiger partial charge on any atom is 0.332 e. The van der Waals surface area contributed by atoms with Crippen LogP contribution in [0.15, 0.2) is 48.6 Å². The number of piperidine rings is 1. The first-order valence-electron chi connectivity index (χ1n) is 11.5. The van der Waals surface area contributed by atoms with Crippen LogP contribution in [0.25, 0.3) is 0 Å². The third-order valence-corrected chi connectivity index (χ3v) is 6.80. The highest BCUT2D eigenvalue weighted by atomic mass is 35.5. The van der Waals surface area contributed by atoms with Crippen LogP contribution in [0.4, 0.5) is 10.5 Å². The number of urea groups is 1. The summed E-state index contributed by atoms with van der Waals surface area (Å²) in [5.41, 5.74) is 2.94. The van der Waals surface area contributed by atoms with E-state index in [1.54, 1.807) is 36.4 Å². The fourth-order valence-corrected chi connectivity index (χ4v) is 4.47. The van der Waals surface area contributed by atoms with Gasteiger partial charge in [0, 0.05) is 41.4 Å². The molecule has 1 saturated heterocycles. The number of aryl methyl sites for hydroxylation is 1. The summed E-state index contributed by atoms with van der Waals surface area (Å²) in [6, 6.07) is 8.84. The first-order valence-corrected chi connectivity index (χ1v) is 11.9. The van der Waals surface area contributed by atoms with Gasteiger partial charge in [-0.25, -0.2) is 9.59 Å². The zero-order valence-corrected chi connectivity index (χ0v) is 20.8. The SMILES string of the molecule is C=C(CN(C(=O)NCc1ccc2c(c1)CN(C1CCC(=O)NC1=O)C2=O)c1ccc(C)c(Cl)c1)C(=O)O. The summed E-state index contributed by atoms with van der Waals surface area (Å²) in [5.74, 6) is -2.34. The van der Waals surface area contributed by atoms with Crippen molar-refractivity contribution in [1.82, 2.24) is 15.5 Å². The van der Waals surface area contributed by atoms with Crippen LogP contribution in [0.2, 0.25) is 5.02 Å². The molecule has 2 aromatic rings. The molecule has 2 aliphatic heterocycles. The molecule has 4 rings (SSSR count). The van der Waals surface area contributed by atoms with Gasteiger partial charge in [0.2, 0.25) is 11.8 Å². The fourth-order valence-electron chi connectivity index (χ4n) is 4.30. The average Bonchev–Trinajstić information content (AvgIpc) is 3.18. The molecule has 11 heteroatoms. The normalized spacial score (nSPS) is 16.8. The number of nitrogens with zero attached hydrogens (tertiary/aromatic N) is 2. The molecule has 192 valence electrons. The van der Waals surface area contributed by atoms with Crippen LogP contribution in [0.3, 0.4) is 0 Å². The van der Waals surface area contributed by atoms with Crippen LogP contribution in [0, 0.1) is 6.92 Å². The number of carbonyl (C=O) groups excluding carboxylic acids is 4. The van der Waals surface area contributed by atoms with Crippen molar-refractivity contribution in [3.8, 4) is 0 Å². The number of halogens is 1. The van der Waals surface area contributed by atoms with Crippen molar-refractivity contribution >= 4 is 47.0 Å². The first-order chi connectivity index (χ1) is 17.5. The lowest BCUT2D eigenvalue weighted by Gasteiger charge is -2.29. The molecular formula is C26H25ClN4O6. The number of hydrogen-bond donors (Lipinski definition) is 3. The Morgan fingerprint density at radius 3 is 2.65 bits per heavy atom. The van der Waals surface area contributed by atoms with Crippen molar-refractivity contribution in [3.05, 3.63) is 75.8 Å². The van der Waals surface area contributed by atoms with Crippen molar-refractivity contribution in [3.63, 3.8) is 0 Å². The van der Waals surface area contributed by atoms with Crippen LogP contribution in [0.1, 0.15) is 39.9 Å². The number of rotatable bonds is 7. The van der Waals surface area contributed by atoms with Gasteiger partial charge in [0.25, 0.3) is 5.91 Å². The van der Waals surface area contributed by atoms with Gasteiger partial charge in [-0.1, -0.05) is 36.4 Å². The molecule has 0 aliphatic carbocycles. The zero-order chi connectivity index (χ0) is 26.9. The number of fused-ring (bicyclic) bond motifs is 1. The lowest BCUT2D eigenvalue weighted by molar-refractivity contribution is -0.137. The zero-order valence-electron chi connectivity index (χ0n) is 20.0. The highest BCUT2D eigenvalue weighted by molar-refractivity contribution is 6.31. The molecule has 2 aromatic carbocycles. The Balaban J connectivity index is 1.47. The molecular weight excluding hydrogens is 500 g/mol. The van der Waals surface area contributed by atoms with E-state index in [0.717, 1.165) is 5.56 Å². The third-order valence-electron chi connectivity index (χ3n) is 6.40. The molecule has 0 spiro atoms. The number of aliphatic carboxylic acids is 1. The standard InChI is InChI=1S/C26H25ClN4O6/c1-14-3-5-18(10-20(14)27)30(12-15(2)25(35)36)26(37)28-11-16-4-6-19-17(9-16)13-31(24(19)34)21-7-8-22(32)29-23(21)33/h3-6,9-10,21H,2,7-8,11-13H2,1H3,(H,28,37)(H,35,36)(H,29,32,33). The molecule has 37 heavy (non-hydrogen) atoms. The van der Waals surface area contributed by atoms with E-state index < -0.39 is 23.9 Å². The van der Waals surface area contributed by atoms with Crippen molar-refractivity contribution in [1.29, 1.82) is 0 Å². The van der Waals surface area contributed by atoms with E-state index in [1.165, 1.54) is 9.80 Å². The Labute approximate surface area is 217 Å². The summed E-state index contributed by atoms with van der Waals surface area (Å²) in [6.45, 7) is 5.41. The minimum Gasteiger partial charge on any atom is -0.478 e. The summed E-state index contributed by atoms with van der Waals surface area (Å²) in [6.07, 6.45) is 0.443. The van der Waals surface area contributed by atoms with Gasteiger partial charge in [-0.2, -0.15) is 0 Å². The van der Waals surface area contributed by atoms with Crippen LogP contribution in [-0.2, 0) is 27.5 Å². The summed E-state index contributed by atoms with van der Waals surface area (Å²) in [5, 5.41) is 14.7. The predicted octanol–water partition coefficient (Wildman–Crippen LogP) is 2.77. The lowest BCUT2D eigenvalue weighted by Crippen LogP contribution is -2.52. The van der Waals surface area contributed by atoms with Crippen molar-refractivity contribution in [2.75, 3.05) is 11.4 Å². The molecule has 1 atom stereocenters. The molecule has 1 unspecified atom stereocenters. The maximum atomic E-state index is 13.1. The van der Waals surface area contributed by atoms with Gasteiger partial charge in [0.1, 0.15) is 6.04 Å². The molecule has 0 radical (unpaired) electrons. The second kappa shape index (κ2) is 10.4. The van der Waals surface area contributed by atoms with Crippen LogP contribution < -0.4 is 15.5 Å². The lowest BCUT2D eigenvalue weighted by atomic mass is 10.0. The van der Waals surface area contributed by atoms with E-state index in [9.17, 15) is 29.1 Å².